The highest BCUT2D eigenvalue weighted by molar-refractivity contribution is 7.10. The minimum atomic E-state index is -0.444. The second-order valence-electron chi connectivity index (χ2n) is 3.80. The van der Waals surface area contributed by atoms with E-state index in [1.807, 2.05) is 11.4 Å². The zero-order valence-corrected chi connectivity index (χ0v) is 9.23. The van der Waals surface area contributed by atoms with Gasteiger partial charge in [0, 0.05) is 16.8 Å². The van der Waals surface area contributed by atoms with Gasteiger partial charge in [-0.3, -0.25) is 4.79 Å². The van der Waals surface area contributed by atoms with E-state index in [0.29, 0.717) is 6.54 Å². The maximum Gasteiger partial charge on any atom is 0.245 e. The fourth-order valence-electron chi connectivity index (χ4n) is 1.13. The van der Waals surface area contributed by atoms with Crippen molar-refractivity contribution in [3.05, 3.63) is 22.4 Å². The summed E-state index contributed by atoms with van der Waals surface area (Å²) in [5.74, 6) is -0.324. The molecule has 0 bridgehead atoms. The highest BCUT2D eigenvalue weighted by atomic mass is 32.1. The summed E-state index contributed by atoms with van der Waals surface area (Å²) >= 11 is 1.68. The predicted molar refractivity (Wildman–Crippen MR) is 57.4 cm³/mol. The lowest BCUT2D eigenvalue weighted by Gasteiger charge is -2.23. The molecular formula is C10H15NO2S. The minimum absolute atomic E-state index is 0.0704. The summed E-state index contributed by atoms with van der Waals surface area (Å²) in [6, 6.07) is 4.05. The number of amides is 1. The molecule has 3 nitrogen and oxygen atoms in total. The van der Waals surface area contributed by atoms with Gasteiger partial charge in [0.15, 0.2) is 0 Å². The number of aliphatic hydroxyl groups is 1. The number of rotatable bonds is 4. The molecule has 2 N–H and O–H groups in total. The first-order chi connectivity index (χ1) is 6.56. The Bertz CT molecular complexity index is 293. The predicted octanol–water partition coefficient (Wildman–Crippen LogP) is 1.13. The van der Waals surface area contributed by atoms with Crippen LogP contribution >= 0.6 is 11.3 Å². The van der Waals surface area contributed by atoms with E-state index in [1.165, 1.54) is 4.88 Å². The van der Waals surface area contributed by atoms with Gasteiger partial charge in [-0.25, -0.2) is 0 Å². The molecule has 1 aromatic rings. The number of hydrogen-bond acceptors (Lipinski definition) is 3. The largest absolute Gasteiger partial charge is 0.387 e. The van der Waals surface area contributed by atoms with Crippen LogP contribution in [0.5, 0.6) is 0 Å². The monoisotopic (exact) mass is 213 g/mol. The van der Waals surface area contributed by atoms with Crippen LogP contribution in [0.1, 0.15) is 18.7 Å². The third kappa shape index (κ3) is 2.82. The van der Waals surface area contributed by atoms with Crippen LogP contribution in [0.3, 0.4) is 0 Å². The Hall–Kier alpha value is -0.870. The van der Waals surface area contributed by atoms with Gasteiger partial charge in [0.05, 0.1) is 0 Å². The summed E-state index contributed by atoms with van der Waals surface area (Å²) in [5.41, 5.74) is -0.0704. The molecule has 0 saturated heterocycles. The van der Waals surface area contributed by atoms with Crippen molar-refractivity contribution in [2.24, 2.45) is 0 Å². The molecule has 1 aromatic heterocycles. The number of carbonyl (C=O) groups is 1. The van der Waals surface area contributed by atoms with Gasteiger partial charge in [0.25, 0.3) is 0 Å². The maximum atomic E-state index is 10.9. The number of aliphatic hydroxyl groups excluding tert-OH is 1. The Kier molecular flexibility index (Phi) is 3.66. The molecule has 0 radical (unpaired) electrons. The molecule has 0 aliphatic carbocycles. The Morgan fingerprint density at radius 2 is 2.36 bits per heavy atom. The van der Waals surface area contributed by atoms with Crippen LogP contribution in [-0.2, 0) is 10.2 Å². The lowest BCUT2D eigenvalue weighted by molar-refractivity contribution is -0.124. The lowest BCUT2D eigenvalue weighted by Crippen LogP contribution is -2.37. The highest BCUT2D eigenvalue weighted by Crippen LogP contribution is 2.26. The van der Waals surface area contributed by atoms with Crippen molar-refractivity contribution in [3.63, 3.8) is 0 Å². The fourth-order valence-corrected chi connectivity index (χ4v) is 1.98. The SMILES string of the molecule is CC(C)(CNC(=O)CO)c1cccs1. The van der Waals surface area contributed by atoms with E-state index >= 15 is 0 Å². The lowest BCUT2D eigenvalue weighted by atomic mass is 9.91. The number of hydrogen-bond donors (Lipinski definition) is 2. The molecule has 0 aliphatic rings. The van der Waals surface area contributed by atoms with E-state index in [9.17, 15) is 4.79 Å². The van der Waals surface area contributed by atoms with Crippen LogP contribution in [0.2, 0.25) is 0 Å². The Balaban J connectivity index is 2.54. The molecule has 1 rings (SSSR count). The van der Waals surface area contributed by atoms with Crippen molar-refractivity contribution in [1.82, 2.24) is 5.32 Å². The first-order valence-corrected chi connectivity index (χ1v) is 5.36. The van der Waals surface area contributed by atoms with Gasteiger partial charge in [-0.15, -0.1) is 11.3 Å². The van der Waals surface area contributed by atoms with Crippen molar-refractivity contribution in [2.75, 3.05) is 13.2 Å². The standard InChI is InChI=1S/C10H15NO2S/c1-10(2,7-11-9(13)6-12)8-4-3-5-14-8/h3-5,12H,6-7H2,1-2H3,(H,11,13). The van der Waals surface area contributed by atoms with E-state index in [0.717, 1.165) is 0 Å². The average molecular weight is 213 g/mol. The molecule has 78 valence electrons. The fraction of sp³-hybridized carbons (Fsp3) is 0.500. The van der Waals surface area contributed by atoms with Gasteiger partial charge >= 0.3 is 0 Å². The van der Waals surface area contributed by atoms with Gasteiger partial charge in [-0.05, 0) is 11.4 Å². The molecular weight excluding hydrogens is 198 g/mol. The summed E-state index contributed by atoms with van der Waals surface area (Å²) in [6.07, 6.45) is 0. The van der Waals surface area contributed by atoms with Crippen LogP contribution in [0.4, 0.5) is 0 Å². The number of thiophene rings is 1. The molecule has 0 spiro atoms. The van der Waals surface area contributed by atoms with Gasteiger partial charge in [0.1, 0.15) is 6.61 Å². The van der Waals surface area contributed by atoms with Gasteiger partial charge in [0.2, 0.25) is 5.91 Å². The maximum absolute atomic E-state index is 10.9. The molecule has 14 heavy (non-hydrogen) atoms. The van der Waals surface area contributed by atoms with E-state index in [1.54, 1.807) is 11.3 Å². The molecule has 4 heteroatoms. The van der Waals surface area contributed by atoms with Crippen molar-refractivity contribution < 1.29 is 9.90 Å². The topological polar surface area (TPSA) is 49.3 Å². The van der Waals surface area contributed by atoms with Crippen molar-refractivity contribution in [2.45, 2.75) is 19.3 Å². The van der Waals surface area contributed by atoms with Gasteiger partial charge in [-0.2, -0.15) is 0 Å². The van der Waals surface area contributed by atoms with Crippen molar-refractivity contribution in [1.29, 1.82) is 0 Å². The molecule has 1 amide bonds. The summed E-state index contributed by atoms with van der Waals surface area (Å²) in [5, 5.41) is 13.3. The smallest absolute Gasteiger partial charge is 0.245 e. The summed E-state index contributed by atoms with van der Waals surface area (Å²) < 4.78 is 0. The third-order valence-electron chi connectivity index (χ3n) is 2.06. The Labute approximate surface area is 87.8 Å². The summed E-state index contributed by atoms with van der Waals surface area (Å²) in [6.45, 7) is 4.24. The molecule has 0 atom stereocenters. The van der Waals surface area contributed by atoms with Crippen LogP contribution < -0.4 is 5.32 Å². The Morgan fingerprint density at radius 3 is 2.86 bits per heavy atom. The zero-order valence-electron chi connectivity index (χ0n) is 8.41. The van der Waals surface area contributed by atoms with Crippen LogP contribution in [-0.4, -0.2) is 24.2 Å². The highest BCUT2D eigenvalue weighted by Gasteiger charge is 2.21. The first kappa shape index (κ1) is 11.2. The van der Waals surface area contributed by atoms with E-state index in [-0.39, 0.29) is 11.3 Å². The average Bonchev–Trinajstić information content (AvgIpc) is 2.67. The summed E-state index contributed by atoms with van der Waals surface area (Å²) in [4.78, 5) is 12.1. The molecule has 0 aromatic carbocycles. The molecule has 0 saturated carbocycles. The quantitative estimate of drug-likeness (QED) is 0.788. The molecule has 1 heterocycles. The van der Waals surface area contributed by atoms with Gasteiger partial charge in [-0.1, -0.05) is 19.9 Å². The number of carbonyl (C=O) groups excluding carboxylic acids is 1. The van der Waals surface area contributed by atoms with E-state index in [4.69, 9.17) is 5.11 Å². The second-order valence-corrected chi connectivity index (χ2v) is 4.74. The second kappa shape index (κ2) is 4.57. The first-order valence-electron chi connectivity index (χ1n) is 4.48. The van der Waals surface area contributed by atoms with Crippen LogP contribution in [0, 0.1) is 0 Å². The van der Waals surface area contributed by atoms with Gasteiger partial charge < -0.3 is 10.4 Å². The minimum Gasteiger partial charge on any atom is -0.387 e. The van der Waals surface area contributed by atoms with Crippen LogP contribution in [0.25, 0.3) is 0 Å². The zero-order chi connectivity index (χ0) is 10.6. The van der Waals surface area contributed by atoms with E-state index < -0.39 is 6.61 Å². The molecule has 0 unspecified atom stereocenters. The van der Waals surface area contributed by atoms with Crippen molar-refractivity contribution >= 4 is 17.2 Å². The van der Waals surface area contributed by atoms with Crippen molar-refractivity contribution in [3.8, 4) is 0 Å². The van der Waals surface area contributed by atoms with E-state index in [2.05, 4.69) is 25.2 Å². The van der Waals surface area contributed by atoms with Crippen LogP contribution in [0.15, 0.2) is 17.5 Å². The molecule has 0 fully saturated rings. The third-order valence-corrected chi connectivity index (χ3v) is 3.30. The molecule has 0 aliphatic heterocycles. The summed E-state index contributed by atoms with van der Waals surface area (Å²) in [7, 11) is 0. The normalized spacial score (nSPS) is 11.4. The number of nitrogens with one attached hydrogen (secondary N) is 1. The Morgan fingerprint density at radius 1 is 1.64 bits per heavy atom.